The van der Waals surface area contributed by atoms with E-state index in [9.17, 15) is 4.79 Å². The third-order valence-electron chi connectivity index (χ3n) is 6.63. The van der Waals surface area contributed by atoms with Crippen molar-refractivity contribution in [1.82, 2.24) is 15.1 Å². The topological polar surface area (TPSA) is 82.7 Å². The Morgan fingerprint density at radius 1 is 0.946 bits per heavy atom. The molecule has 1 aliphatic heterocycles. The highest BCUT2D eigenvalue weighted by Crippen LogP contribution is 2.46. The molecular weight excluding hydrogens is 513 g/mol. The zero-order chi connectivity index (χ0) is 26.1. The fourth-order valence-electron chi connectivity index (χ4n) is 4.50. The zero-order valence-corrected chi connectivity index (χ0v) is 22.3. The first kappa shape index (κ1) is 25.2. The summed E-state index contributed by atoms with van der Waals surface area (Å²) < 4.78 is 10.8. The van der Waals surface area contributed by atoms with Crippen LogP contribution in [0.4, 0.5) is 11.4 Å². The van der Waals surface area contributed by atoms with Gasteiger partial charge in [0.1, 0.15) is 11.5 Å². The molecule has 0 bridgehead atoms. The second-order valence-corrected chi connectivity index (χ2v) is 9.66. The fraction of sp³-hybridized carbons (Fsp3) is 0.259. The number of aromatic amines is 1. The van der Waals surface area contributed by atoms with Crippen LogP contribution in [0.5, 0.6) is 11.5 Å². The van der Waals surface area contributed by atoms with Gasteiger partial charge in [-0.2, -0.15) is 5.10 Å². The Morgan fingerprint density at radius 3 is 2.22 bits per heavy atom. The molecule has 0 aliphatic carbocycles. The summed E-state index contributed by atoms with van der Waals surface area (Å²) in [6.07, 6.45) is 0. The lowest BCUT2D eigenvalue weighted by molar-refractivity contribution is 0.102. The minimum atomic E-state index is -0.300. The number of H-pyrrole nitrogens is 1. The molecule has 1 fully saturated rings. The summed E-state index contributed by atoms with van der Waals surface area (Å²) in [6, 6.07) is 15.0. The van der Waals surface area contributed by atoms with Crippen LogP contribution in [0.3, 0.4) is 0 Å². The number of carbonyl (C=O) groups excluding carboxylic acids is 1. The average molecular weight is 540 g/mol. The number of nitrogens with one attached hydrogen (secondary N) is 2. The van der Waals surface area contributed by atoms with Crippen LogP contribution >= 0.6 is 23.2 Å². The molecule has 8 nitrogen and oxygen atoms in total. The predicted octanol–water partition coefficient (Wildman–Crippen LogP) is 5.56. The van der Waals surface area contributed by atoms with Gasteiger partial charge in [-0.1, -0.05) is 29.3 Å². The largest absolute Gasteiger partial charge is 0.495 e. The quantitative estimate of drug-likeness (QED) is 0.334. The monoisotopic (exact) mass is 539 g/mol. The molecule has 0 saturated carbocycles. The van der Waals surface area contributed by atoms with Gasteiger partial charge in [0.2, 0.25) is 0 Å². The number of hydrogen-bond donors (Lipinski definition) is 2. The van der Waals surface area contributed by atoms with Crippen LogP contribution in [0, 0.1) is 0 Å². The van der Waals surface area contributed by atoms with Crippen molar-refractivity contribution in [1.29, 1.82) is 0 Å². The number of anilines is 2. The van der Waals surface area contributed by atoms with E-state index in [4.69, 9.17) is 32.7 Å². The van der Waals surface area contributed by atoms with Gasteiger partial charge in [-0.25, -0.2) is 0 Å². The first-order valence-electron chi connectivity index (χ1n) is 11.8. The Labute approximate surface area is 225 Å². The van der Waals surface area contributed by atoms with Crippen LogP contribution in [0.2, 0.25) is 10.0 Å². The Hall–Kier alpha value is -3.46. The SMILES string of the molecule is COc1cc(OC)c(Cl)c(-c2ccc3c(C(=O)Nc4ccc(N5CCN(C)CC5)cc4)n[nH]c3c2)c1Cl. The van der Waals surface area contributed by atoms with Crippen LogP contribution in [-0.2, 0) is 0 Å². The maximum atomic E-state index is 13.1. The van der Waals surface area contributed by atoms with Gasteiger partial charge in [-0.3, -0.25) is 9.89 Å². The van der Waals surface area contributed by atoms with Gasteiger partial charge in [-0.15, -0.1) is 0 Å². The number of benzene rings is 3. The number of likely N-dealkylation sites (N-methyl/N-ethyl adjacent to an activating group) is 1. The van der Waals surface area contributed by atoms with Gasteiger partial charge >= 0.3 is 0 Å². The van der Waals surface area contributed by atoms with Crippen LogP contribution in [-0.4, -0.2) is 68.5 Å². The molecule has 1 saturated heterocycles. The zero-order valence-electron chi connectivity index (χ0n) is 20.8. The fourth-order valence-corrected chi connectivity index (χ4v) is 5.22. The third-order valence-corrected chi connectivity index (χ3v) is 7.38. The van der Waals surface area contributed by atoms with Crippen molar-refractivity contribution in [2.75, 3.05) is 57.7 Å². The summed E-state index contributed by atoms with van der Waals surface area (Å²) in [4.78, 5) is 17.7. The molecule has 37 heavy (non-hydrogen) atoms. The van der Waals surface area contributed by atoms with Crippen molar-refractivity contribution in [2.45, 2.75) is 0 Å². The van der Waals surface area contributed by atoms with Gasteiger partial charge in [-0.05, 0) is 49.0 Å². The summed E-state index contributed by atoms with van der Waals surface area (Å²) in [7, 11) is 5.19. The van der Waals surface area contributed by atoms with Gasteiger partial charge in [0.25, 0.3) is 5.91 Å². The molecule has 192 valence electrons. The first-order valence-corrected chi connectivity index (χ1v) is 12.6. The molecule has 10 heteroatoms. The Morgan fingerprint density at radius 2 is 1.59 bits per heavy atom. The molecule has 2 N–H and O–H groups in total. The number of carbonyl (C=O) groups is 1. The van der Waals surface area contributed by atoms with Crippen molar-refractivity contribution in [3.63, 3.8) is 0 Å². The molecule has 0 atom stereocenters. The van der Waals surface area contributed by atoms with Crippen LogP contribution in [0.25, 0.3) is 22.0 Å². The molecule has 0 radical (unpaired) electrons. The number of ether oxygens (including phenoxy) is 2. The molecule has 0 unspecified atom stereocenters. The molecule has 5 rings (SSSR count). The number of halogens is 2. The van der Waals surface area contributed by atoms with E-state index in [1.165, 1.54) is 14.2 Å². The van der Waals surface area contributed by atoms with Crippen molar-refractivity contribution < 1.29 is 14.3 Å². The number of piperazine rings is 1. The molecule has 1 amide bonds. The summed E-state index contributed by atoms with van der Waals surface area (Å²) in [5.41, 5.74) is 4.12. The Bertz CT molecular complexity index is 1420. The maximum absolute atomic E-state index is 13.1. The third kappa shape index (κ3) is 4.92. The molecule has 0 spiro atoms. The summed E-state index contributed by atoms with van der Waals surface area (Å²) in [5.74, 6) is 0.591. The van der Waals surface area contributed by atoms with E-state index in [0.717, 1.165) is 37.4 Å². The lowest BCUT2D eigenvalue weighted by Gasteiger charge is -2.34. The number of fused-ring (bicyclic) bond motifs is 1. The van der Waals surface area contributed by atoms with E-state index in [2.05, 4.69) is 32.4 Å². The van der Waals surface area contributed by atoms with E-state index >= 15 is 0 Å². The summed E-state index contributed by atoms with van der Waals surface area (Å²) in [6.45, 7) is 4.05. The highest BCUT2D eigenvalue weighted by atomic mass is 35.5. The lowest BCUT2D eigenvalue weighted by Crippen LogP contribution is -2.44. The number of nitrogens with zero attached hydrogens (tertiary/aromatic N) is 3. The van der Waals surface area contributed by atoms with Crippen LogP contribution in [0.15, 0.2) is 48.5 Å². The second-order valence-electron chi connectivity index (χ2n) is 8.91. The van der Waals surface area contributed by atoms with E-state index in [0.29, 0.717) is 49.4 Å². The molecule has 3 aromatic carbocycles. The van der Waals surface area contributed by atoms with E-state index < -0.39 is 0 Å². The minimum Gasteiger partial charge on any atom is -0.495 e. The van der Waals surface area contributed by atoms with E-state index in [1.807, 2.05) is 42.5 Å². The first-order chi connectivity index (χ1) is 17.9. The normalized spacial score (nSPS) is 14.1. The van der Waals surface area contributed by atoms with Gasteiger partial charge in [0, 0.05) is 54.6 Å². The molecule has 1 aromatic heterocycles. The smallest absolute Gasteiger partial charge is 0.276 e. The molecule has 4 aromatic rings. The molecule has 1 aliphatic rings. The number of rotatable bonds is 6. The van der Waals surface area contributed by atoms with Crippen molar-refractivity contribution in [3.8, 4) is 22.6 Å². The van der Waals surface area contributed by atoms with Gasteiger partial charge in [0.05, 0.1) is 29.8 Å². The number of aromatic nitrogens is 2. The van der Waals surface area contributed by atoms with Gasteiger partial charge < -0.3 is 24.6 Å². The highest BCUT2D eigenvalue weighted by Gasteiger charge is 2.21. The highest BCUT2D eigenvalue weighted by molar-refractivity contribution is 6.41. The lowest BCUT2D eigenvalue weighted by atomic mass is 10.0. The number of amides is 1. The standard InChI is InChI=1S/C27H27Cl2N5O3/c1-33-10-12-34(13-11-33)18-7-5-17(6-8-18)30-27(35)26-19-9-4-16(14-20(19)31-32-26)23-24(28)21(36-2)15-22(37-3)25(23)29/h4-9,14-15H,10-13H2,1-3H3,(H,30,35)(H,31,32). The van der Waals surface area contributed by atoms with E-state index in [1.54, 1.807) is 6.07 Å². The van der Waals surface area contributed by atoms with Gasteiger partial charge in [0.15, 0.2) is 5.69 Å². The Kier molecular flexibility index (Phi) is 7.15. The second kappa shape index (κ2) is 10.5. The summed E-state index contributed by atoms with van der Waals surface area (Å²) in [5, 5.41) is 11.6. The average Bonchev–Trinajstić information content (AvgIpc) is 3.33. The molecule has 2 heterocycles. The Balaban J connectivity index is 1.38. The predicted molar refractivity (Wildman–Crippen MR) is 149 cm³/mol. The van der Waals surface area contributed by atoms with Crippen LogP contribution < -0.4 is 19.7 Å². The van der Waals surface area contributed by atoms with E-state index in [-0.39, 0.29) is 5.91 Å². The number of methoxy groups -OCH3 is 2. The molecular formula is C27H27Cl2N5O3. The number of hydrogen-bond acceptors (Lipinski definition) is 6. The van der Waals surface area contributed by atoms with Crippen molar-refractivity contribution >= 4 is 51.4 Å². The minimum absolute atomic E-state index is 0.296. The summed E-state index contributed by atoms with van der Waals surface area (Å²) >= 11 is 13.2. The van der Waals surface area contributed by atoms with Crippen molar-refractivity contribution in [3.05, 3.63) is 64.3 Å². The maximum Gasteiger partial charge on any atom is 0.276 e. The van der Waals surface area contributed by atoms with Crippen LogP contribution in [0.1, 0.15) is 10.5 Å². The van der Waals surface area contributed by atoms with Crippen molar-refractivity contribution in [2.24, 2.45) is 0 Å².